The van der Waals surface area contributed by atoms with E-state index in [1.54, 1.807) is 24.0 Å². The molecule has 0 fully saturated rings. The normalized spacial score (nSPS) is 18.2. The van der Waals surface area contributed by atoms with Gasteiger partial charge in [0.25, 0.3) is 5.91 Å². The molecule has 2 atom stereocenters. The lowest BCUT2D eigenvalue weighted by molar-refractivity contribution is -0.117. The van der Waals surface area contributed by atoms with E-state index in [0.717, 1.165) is 16.9 Å². The van der Waals surface area contributed by atoms with Crippen molar-refractivity contribution >= 4 is 46.1 Å². The molecule has 0 spiro atoms. The molecule has 2 amide bonds. The zero-order chi connectivity index (χ0) is 20.5. The second kappa shape index (κ2) is 8.01. The van der Waals surface area contributed by atoms with E-state index in [4.69, 9.17) is 11.6 Å². The van der Waals surface area contributed by atoms with Crippen LogP contribution >= 0.6 is 22.9 Å². The van der Waals surface area contributed by atoms with Gasteiger partial charge in [-0.25, -0.2) is 0 Å². The average Bonchev–Trinajstić information content (AvgIpc) is 3.24. The second-order valence-corrected chi connectivity index (χ2v) is 8.56. The molecule has 0 radical (unpaired) electrons. The highest BCUT2D eigenvalue weighted by molar-refractivity contribution is 7.12. The minimum absolute atomic E-state index is 0.000678. The Labute approximate surface area is 179 Å². The fraction of sp³-hybridized carbons (Fsp3) is 0.217. The van der Waals surface area contributed by atoms with Crippen LogP contribution in [0.1, 0.15) is 41.5 Å². The number of amides is 2. The SMILES string of the molecule is CC(=O)N(c1ccc(Cl)cc1)[C@H]1C[C@@H](C)N(C(=O)c2cccs2)c2ccccc21. The van der Waals surface area contributed by atoms with Gasteiger partial charge in [0.1, 0.15) is 0 Å². The molecular formula is C23H21ClN2O2S. The number of rotatable bonds is 3. The molecule has 0 aliphatic carbocycles. The van der Waals surface area contributed by atoms with Crippen LogP contribution in [0.25, 0.3) is 0 Å². The van der Waals surface area contributed by atoms with Crippen LogP contribution in [-0.2, 0) is 4.79 Å². The molecule has 2 heterocycles. The Morgan fingerprint density at radius 2 is 1.79 bits per heavy atom. The van der Waals surface area contributed by atoms with Crippen LogP contribution in [0.15, 0.2) is 66.0 Å². The van der Waals surface area contributed by atoms with Gasteiger partial charge in [-0.3, -0.25) is 9.59 Å². The van der Waals surface area contributed by atoms with Gasteiger partial charge in [-0.05, 0) is 60.7 Å². The largest absolute Gasteiger partial charge is 0.305 e. The maximum absolute atomic E-state index is 13.2. The van der Waals surface area contributed by atoms with Gasteiger partial charge in [0.2, 0.25) is 5.91 Å². The van der Waals surface area contributed by atoms with Gasteiger partial charge in [-0.15, -0.1) is 11.3 Å². The number of hydrogen-bond acceptors (Lipinski definition) is 3. The number of carbonyl (C=O) groups excluding carboxylic acids is 2. The first-order valence-electron chi connectivity index (χ1n) is 9.48. The monoisotopic (exact) mass is 424 g/mol. The summed E-state index contributed by atoms with van der Waals surface area (Å²) < 4.78 is 0. The Balaban J connectivity index is 1.79. The summed E-state index contributed by atoms with van der Waals surface area (Å²) in [7, 11) is 0. The van der Waals surface area contributed by atoms with E-state index in [1.807, 2.05) is 65.7 Å². The van der Waals surface area contributed by atoms with E-state index in [1.165, 1.54) is 11.3 Å². The molecule has 6 heteroatoms. The molecule has 0 N–H and O–H groups in total. The molecule has 1 aliphatic rings. The number of para-hydroxylation sites is 1. The Bertz CT molecular complexity index is 1030. The minimum atomic E-state index is -0.160. The highest BCUT2D eigenvalue weighted by Crippen LogP contribution is 2.43. The van der Waals surface area contributed by atoms with Crippen molar-refractivity contribution in [3.05, 3.63) is 81.5 Å². The molecule has 4 nitrogen and oxygen atoms in total. The van der Waals surface area contributed by atoms with Crippen molar-refractivity contribution < 1.29 is 9.59 Å². The number of anilines is 2. The summed E-state index contributed by atoms with van der Waals surface area (Å²) in [5.74, 6) is -0.0448. The molecule has 0 unspecified atom stereocenters. The van der Waals surface area contributed by atoms with Gasteiger partial charge < -0.3 is 9.80 Å². The second-order valence-electron chi connectivity index (χ2n) is 7.18. The van der Waals surface area contributed by atoms with Gasteiger partial charge >= 0.3 is 0 Å². The molecule has 0 saturated carbocycles. The first-order chi connectivity index (χ1) is 14.0. The number of nitrogens with zero attached hydrogens (tertiary/aromatic N) is 2. The maximum atomic E-state index is 13.2. The number of fused-ring (bicyclic) bond motifs is 1. The van der Waals surface area contributed by atoms with Gasteiger partial charge in [0, 0.05) is 29.4 Å². The van der Waals surface area contributed by atoms with Crippen molar-refractivity contribution in [1.29, 1.82) is 0 Å². The van der Waals surface area contributed by atoms with E-state index in [9.17, 15) is 9.59 Å². The summed E-state index contributed by atoms with van der Waals surface area (Å²) in [4.78, 5) is 30.2. The summed E-state index contributed by atoms with van der Waals surface area (Å²) in [5, 5.41) is 2.54. The summed E-state index contributed by atoms with van der Waals surface area (Å²) in [6.07, 6.45) is 0.649. The van der Waals surface area contributed by atoms with Crippen molar-refractivity contribution in [3.8, 4) is 0 Å². The van der Waals surface area contributed by atoms with E-state index < -0.39 is 0 Å². The predicted octanol–water partition coefficient (Wildman–Crippen LogP) is 5.93. The van der Waals surface area contributed by atoms with Crippen molar-refractivity contribution in [1.82, 2.24) is 0 Å². The third-order valence-corrected chi connectivity index (χ3v) is 6.38. The third kappa shape index (κ3) is 3.68. The van der Waals surface area contributed by atoms with Crippen LogP contribution in [-0.4, -0.2) is 17.9 Å². The molecule has 1 aliphatic heterocycles. The van der Waals surface area contributed by atoms with E-state index >= 15 is 0 Å². The number of carbonyl (C=O) groups is 2. The van der Waals surface area contributed by atoms with Crippen LogP contribution in [0.5, 0.6) is 0 Å². The number of thiophene rings is 1. The van der Waals surface area contributed by atoms with E-state index in [-0.39, 0.29) is 23.9 Å². The molecule has 148 valence electrons. The molecule has 29 heavy (non-hydrogen) atoms. The maximum Gasteiger partial charge on any atom is 0.268 e. The first-order valence-corrected chi connectivity index (χ1v) is 10.7. The van der Waals surface area contributed by atoms with Gasteiger partial charge in [0.05, 0.1) is 10.9 Å². The van der Waals surface area contributed by atoms with Gasteiger partial charge in [0.15, 0.2) is 0 Å². The topological polar surface area (TPSA) is 40.6 Å². The van der Waals surface area contributed by atoms with E-state index in [2.05, 4.69) is 0 Å². The fourth-order valence-electron chi connectivity index (χ4n) is 4.04. The molecular weight excluding hydrogens is 404 g/mol. The van der Waals surface area contributed by atoms with E-state index in [0.29, 0.717) is 16.3 Å². The molecule has 1 aromatic heterocycles. The zero-order valence-electron chi connectivity index (χ0n) is 16.2. The van der Waals surface area contributed by atoms with Gasteiger partial charge in [-0.2, -0.15) is 0 Å². The summed E-state index contributed by atoms with van der Waals surface area (Å²) in [6, 6.07) is 18.7. The number of halogens is 1. The molecule has 0 bridgehead atoms. The summed E-state index contributed by atoms with van der Waals surface area (Å²) in [5.41, 5.74) is 2.63. The lowest BCUT2D eigenvalue weighted by atomic mass is 9.89. The molecule has 2 aromatic carbocycles. The van der Waals surface area contributed by atoms with Crippen molar-refractivity contribution in [3.63, 3.8) is 0 Å². The van der Waals surface area contributed by atoms with Crippen LogP contribution < -0.4 is 9.80 Å². The van der Waals surface area contributed by atoms with Gasteiger partial charge in [-0.1, -0.05) is 35.9 Å². The molecule has 3 aromatic rings. The van der Waals surface area contributed by atoms with Crippen molar-refractivity contribution in [2.45, 2.75) is 32.4 Å². The Hall–Kier alpha value is -2.63. The summed E-state index contributed by atoms with van der Waals surface area (Å²) in [6.45, 7) is 3.61. The summed E-state index contributed by atoms with van der Waals surface area (Å²) >= 11 is 7.49. The lowest BCUT2D eigenvalue weighted by Gasteiger charge is -2.43. The number of hydrogen-bond donors (Lipinski definition) is 0. The third-order valence-electron chi connectivity index (χ3n) is 5.27. The number of benzene rings is 2. The molecule has 0 saturated heterocycles. The predicted molar refractivity (Wildman–Crippen MR) is 119 cm³/mol. The van der Waals surface area contributed by atoms with Crippen molar-refractivity contribution in [2.75, 3.05) is 9.80 Å². The molecule has 4 rings (SSSR count). The Morgan fingerprint density at radius 1 is 1.07 bits per heavy atom. The van der Waals surface area contributed by atoms with Crippen LogP contribution in [0, 0.1) is 0 Å². The average molecular weight is 425 g/mol. The minimum Gasteiger partial charge on any atom is -0.305 e. The van der Waals surface area contributed by atoms with Crippen molar-refractivity contribution in [2.24, 2.45) is 0 Å². The highest BCUT2D eigenvalue weighted by Gasteiger charge is 2.38. The lowest BCUT2D eigenvalue weighted by Crippen LogP contribution is -2.47. The quantitative estimate of drug-likeness (QED) is 0.522. The Morgan fingerprint density at radius 3 is 2.45 bits per heavy atom. The Kier molecular flexibility index (Phi) is 5.43. The standard InChI is InChI=1S/C23H21ClN2O2S/c1-15-14-21(26(16(2)27)18-11-9-17(24)10-12-18)19-6-3-4-7-20(19)25(15)23(28)22-8-5-13-29-22/h3-13,15,21H,14H2,1-2H3/t15-,21+/m1/s1. The highest BCUT2D eigenvalue weighted by atomic mass is 35.5. The smallest absolute Gasteiger partial charge is 0.268 e. The van der Waals surface area contributed by atoms with Crippen LogP contribution in [0.4, 0.5) is 11.4 Å². The zero-order valence-corrected chi connectivity index (χ0v) is 17.8. The fourth-order valence-corrected chi connectivity index (χ4v) is 4.82. The first kappa shape index (κ1) is 19.7. The van der Waals surface area contributed by atoms with Crippen LogP contribution in [0.3, 0.4) is 0 Å². The van der Waals surface area contributed by atoms with Crippen LogP contribution in [0.2, 0.25) is 5.02 Å².